The minimum Gasteiger partial charge on any atom is -0.506 e. The predicted molar refractivity (Wildman–Crippen MR) is 105 cm³/mol. The second kappa shape index (κ2) is 8.41. The third kappa shape index (κ3) is 4.32. The van der Waals surface area contributed by atoms with E-state index < -0.39 is 17.8 Å². The number of ketones is 1. The molecule has 148 valence electrons. The molecule has 1 amide bonds. The van der Waals surface area contributed by atoms with Gasteiger partial charge in [0, 0.05) is 19.0 Å². The van der Waals surface area contributed by atoms with Crippen molar-refractivity contribution < 1.29 is 24.5 Å². The third-order valence-corrected chi connectivity index (χ3v) is 4.88. The Hall–Kier alpha value is -2.90. The number of benzene rings is 2. The van der Waals surface area contributed by atoms with Gasteiger partial charge in [0.15, 0.2) is 0 Å². The van der Waals surface area contributed by atoms with Crippen LogP contribution >= 0.6 is 0 Å². The van der Waals surface area contributed by atoms with E-state index in [9.17, 15) is 19.8 Å². The summed E-state index contributed by atoms with van der Waals surface area (Å²) in [5.41, 5.74) is 2.32. The zero-order valence-electron chi connectivity index (χ0n) is 15.9. The summed E-state index contributed by atoms with van der Waals surface area (Å²) in [6, 6.07) is 10.9. The molecule has 0 aromatic heterocycles. The Bertz CT molecular complexity index is 879. The van der Waals surface area contributed by atoms with Crippen molar-refractivity contribution in [2.45, 2.75) is 31.9 Å². The van der Waals surface area contributed by atoms with Crippen molar-refractivity contribution in [2.75, 3.05) is 19.0 Å². The van der Waals surface area contributed by atoms with Gasteiger partial charge >= 0.3 is 0 Å². The van der Waals surface area contributed by atoms with Crippen LogP contribution in [-0.4, -0.2) is 41.6 Å². The number of carbonyl (C=O) groups excluding carboxylic acids is 2. The van der Waals surface area contributed by atoms with Crippen LogP contribution in [0.5, 0.6) is 11.5 Å². The number of phenolic OH excluding ortho intramolecular Hbond substituents is 1. The third-order valence-electron chi connectivity index (χ3n) is 4.88. The highest BCUT2D eigenvalue weighted by Crippen LogP contribution is 2.35. The molecular formula is C21H24N2O5. The van der Waals surface area contributed by atoms with E-state index in [0.717, 1.165) is 17.7 Å². The smallest absolute Gasteiger partial charge is 0.292 e. The van der Waals surface area contributed by atoms with Gasteiger partial charge in [-0.2, -0.15) is 0 Å². The molecule has 0 saturated carbocycles. The molecule has 28 heavy (non-hydrogen) atoms. The van der Waals surface area contributed by atoms with Gasteiger partial charge in [0.25, 0.3) is 5.91 Å². The lowest BCUT2D eigenvalue weighted by molar-refractivity contribution is -0.134. The molecular weight excluding hydrogens is 360 g/mol. The van der Waals surface area contributed by atoms with E-state index in [4.69, 9.17) is 4.74 Å². The maximum atomic E-state index is 11.8. The Morgan fingerprint density at radius 2 is 1.89 bits per heavy atom. The number of hydrogen-bond acceptors (Lipinski definition) is 6. The van der Waals surface area contributed by atoms with Gasteiger partial charge in [0.05, 0.1) is 18.9 Å². The first-order valence-corrected chi connectivity index (χ1v) is 9.12. The molecule has 0 spiro atoms. The average Bonchev–Trinajstić information content (AvgIpc) is 2.68. The Kier molecular flexibility index (Phi) is 5.96. The van der Waals surface area contributed by atoms with E-state index >= 15 is 0 Å². The van der Waals surface area contributed by atoms with Gasteiger partial charge in [-0.1, -0.05) is 18.2 Å². The van der Waals surface area contributed by atoms with E-state index in [1.165, 1.54) is 6.07 Å². The first-order chi connectivity index (χ1) is 13.4. The van der Waals surface area contributed by atoms with Crippen molar-refractivity contribution in [3.8, 4) is 11.5 Å². The zero-order chi connectivity index (χ0) is 20.3. The van der Waals surface area contributed by atoms with Gasteiger partial charge < -0.3 is 25.6 Å². The number of carbonyl (C=O) groups is 2. The van der Waals surface area contributed by atoms with Crippen molar-refractivity contribution >= 4 is 17.4 Å². The van der Waals surface area contributed by atoms with Crippen LogP contribution < -0.4 is 15.4 Å². The highest BCUT2D eigenvalue weighted by molar-refractivity contribution is 6.42. The number of aromatic hydroxyl groups is 1. The summed E-state index contributed by atoms with van der Waals surface area (Å²) in [7, 11) is 1.63. The van der Waals surface area contributed by atoms with Crippen LogP contribution in [0.1, 0.15) is 29.7 Å². The summed E-state index contributed by atoms with van der Waals surface area (Å²) < 4.78 is 5.15. The lowest BCUT2D eigenvalue weighted by Crippen LogP contribution is -2.34. The standard InChI is InChI=1S/C21H24N2O5/c1-12(9-13-3-5-14(28-2)6-4-13)22-11-19(26)15-7-8-17(24)20-16(15)10-18(25)21(27)23-20/h3-8,12,19,22,24,26H,9-11H2,1-2H3,(H,23,27)/t12-,19+/m1/s1. The van der Waals surface area contributed by atoms with Gasteiger partial charge in [0.1, 0.15) is 11.5 Å². The van der Waals surface area contributed by atoms with Crippen molar-refractivity contribution in [3.63, 3.8) is 0 Å². The summed E-state index contributed by atoms with van der Waals surface area (Å²) in [5, 5.41) is 26.3. The maximum absolute atomic E-state index is 11.8. The molecule has 0 aliphatic carbocycles. The van der Waals surface area contributed by atoms with Crippen LogP contribution in [0.2, 0.25) is 0 Å². The van der Waals surface area contributed by atoms with Gasteiger partial charge in [-0.15, -0.1) is 0 Å². The zero-order valence-corrected chi connectivity index (χ0v) is 15.9. The molecule has 0 unspecified atom stereocenters. The molecule has 0 bridgehead atoms. The Morgan fingerprint density at radius 1 is 1.18 bits per heavy atom. The summed E-state index contributed by atoms with van der Waals surface area (Å²) in [6.07, 6.45) is -0.238. The molecule has 4 N–H and O–H groups in total. The van der Waals surface area contributed by atoms with Crippen LogP contribution in [0.3, 0.4) is 0 Å². The predicted octanol–water partition coefficient (Wildman–Crippen LogP) is 1.72. The van der Waals surface area contributed by atoms with Gasteiger partial charge in [-0.05, 0) is 48.2 Å². The van der Waals surface area contributed by atoms with Crippen LogP contribution in [0, 0.1) is 0 Å². The number of anilines is 1. The topological polar surface area (TPSA) is 108 Å². The summed E-state index contributed by atoms with van der Waals surface area (Å²) in [4.78, 5) is 23.3. The molecule has 0 saturated heterocycles. The van der Waals surface area contributed by atoms with Crippen LogP contribution in [-0.2, 0) is 22.4 Å². The van der Waals surface area contributed by atoms with Gasteiger partial charge in [-0.3, -0.25) is 9.59 Å². The molecule has 3 rings (SSSR count). The highest BCUT2D eigenvalue weighted by atomic mass is 16.5. The molecule has 2 aromatic carbocycles. The van der Waals surface area contributed by atoms with Crippen LogP contribution in [0.25, 0.3) is 0 Å². The number of fused-ring (bicyclic) bond motifs is 1. The summed E-state index contributed by atoms with van der Waals surface area (Å²) >= 11 is 0. The monoisotopic (exact) mass is 384 g/mol. The van der Waals surface area contributed by atoms with E-state index in [0.29, 0.717) is 11.1 Å². The molecule has 2 atom stereocenters. The minimum atomic E-state index is -0.879. The van der Waals surface area contributed by atoms with Crippen molar-refractivity contribution in [1.29, 1.82) is 0 Å². The minimum absolute atomic E-state index is 0.109. The number of ether oxygens (including phenoxy) is 1. The molecule has 7 heteroatoms. The first-order valence-electron chi connectivity index (χ1n) is 9.12. The Balaban J connectivity index is 1.64. The number of amides is 1. The van der Waals surface area contributed by atoms with Crippen LogP contribution in [0.4, 0.5) is 5.69 Å². The molecule has 1 heterocycles. The Morgan fingerprint density at radius 3 is 2.57 bits per heavy atom. The number of rotatable bonds is 7. The number of nitrogens with one attached hydrogen (secondary N) is 2. The quantitative estimate of drug-likeness (QED) is 0.428. The fourth-order valence-electron chi connectivity index (χ4n) is 3.33. The average molecular weight is 384 g/mol. The van der Waals surface area contributed by atoms with E-state index in [1.54, 1.807) is 13.2 Å². The number of phenols is 1. The van der Waals surface area contributed by atoms with E-state index in [1.807, 2.05) is 31.2 Å². The normalized spacial score (nSPS) is 15.5. The number of aliphatic hydroxyl groups is 1. The van der Waals surface area contributed by atoms with Crippen molar-refractivity contribution in [1.82, 2.24) is 5.32 Å². The van der Waals surface area contributed by atoms with Crippen molar-refractivity contribution in [3.05, 3.63) is 53.1 Å². The number of Topliss-reactive ketones (excluding diaryl/α,β-unsaturated/α-hetero) is 1. The van der Waals surface area contributed by atoms with Crippen LogP contribution in [0.15, 0.2) is 36.4 Å². The second-order valence-electron chi connectivity index (χ2n) is 6.96. The molecule has 0 fully saturated rings. The lowest BCUT2D eigenvalue weighted by atomic mass is 9.92. The molecule has 7 nitrogen and oxygen atoms in total. The number of hydrogen-bond donors (Lipinski definition) is 4. The van der Waals surface area contributed by atoms with Gasteiger partial charge in [0.2, 0.25) is 5.78 Å². The number of aliphatic hydroxyl groups excluding tert-OH is 1. The fraction of sp³-hybridized carbons (Fsp3) is 0.333. The van der Waals surface area contributed by atoms with E-state index in [2.05, 4.69) is 10.6 Å². The molecule has 1 aliphatic rings. The highest BCUT2D eigenvalue weighted by Gasteiger charge is 2.29. The maximum Gasteiger partial charge on any atom is 0.292 e. The summed E-state index contributed by atoms with van der Waals surface area (Å²) in [5.74, 6) is -0.653. The first kappa shape index (κ1) is 19.9. The molecule has 2 aromatic rings. The van der Waals surface area contributed by atoms with Crippen molar-refractivity contribution in [2.24, 2.45) is 0 Å². The largest absolute Gasteiger partial charge is 0.506 e. The SMILES string of the molecule is COc1ccc(C[C@@H](C)NC[C@H](O)c2ccc(O)c3c2CC(=O)C(=O)N3)cc1. The van der Waals surface area contributed by atoms with Gasteiger partial charge in [-0.25, -0.2) is 0 Å². The second-order valence-corrected chi connectivity index (χ2v) is 6.96. The number of methoxy groups -OCH3 is 1. The fourth-order valence-corrected chi connectivity index (χ4v) is 3.33. The van der Waals surface area contributed by atoms with E-state index in [-0.39, 0.29) is 30.4 Å². The lowest BCUT2D eigenvalue weighted by Gasteiger charge is -2.24. The summed E-state index contributed by atoms with van der Waals surface area (Å²) in [6.45, 7) is 2.30. The molecule has 0 radical (unpaired) electrons. The molecule has 1 aliphatic heterocycles. The Labute approximate surface area is 163 Å².